The fourth-order valence-corrected chi connectivity index (χ4v) is 11.5. The molecular formula is C65H57Cl7F18N10O7. The molecule has 0 radical (unpaired) electrons. The molecule has 1 saturated carbocycles. The summed E-state index contributed by atoms with van der Waals surface area (Å²) in [4.78, 5) is 45.9. The maximum atomic E-state index is 14.0. The summed E-state index contributed by atoms with van der Waals surface area (Å²) in [7, 11) is 5.03. The minimum Gasteiger partial charge on any atom is -0.398 e. The molecule has 5 atom stereocenters. The number of Topliss-reactive ketones (excluding diaryl/α,β-unsaturated/α-hetero) is 1. The molecule has 6 amide bonds. The van der Waals surface area contributed by atoms with Crippen molar-refractivity contribution in [2.45, 2.75) is 77.0 Å². The number of carbonyl (C=O) groups is 4. The van der Waals surface area contributed by atoms with Crippen LogP contribution in [0.4, 0.5) is 128 Å². The van der Waals surface area contributed by atoms with Crippen LogP contribution in [-0.4, -0.2) is 147 Å². The van der Waals surface area contributed by atoms with Crippen molar-refractivity contribution in [3.8, 4) is 11.8 Å². The van der Waals surface area contributed by atoms with Crippen LogP contribution in [0.15, 0.2) is 109 Å². The third kappa shape index (κ3) is 20.3. The van der Waals surface area contributed by atoms with Crippen LogP contribution >= 0.6 is 81.2 Å². The average molecular weight is 1680 g/mol. The van der Waals surface area contributed by atoms with E-state index in [-0.39, 0.29) is 86.9 Å². The molecule has 584 valence electrons. The summed E-state index contributed by atoms with van der Waals surface area (Å²) in [6.45, 7) is -3.29. The van der Waals surface area contributed by atoms with Gasteiger partial charge in [-0.15, -0.1) is 11.6 Å². The van der Waals surface area contributed by atoms with E-state index >= 15 is 0 Å². The molecule has 1 aliphatic carbocycles. The molecule has 0 aromatic heterocycles. The second-order valence-electron chi connectivity index (χ2n) is 24.1. The van der Waals surface area contributed by atoms with Gasteiger partial charge in [0.05, 0.1) is 31.8 Å². The number of nitrogen functional groups attached to an aromatic ring is 3. The van der Waals surface area contributed by atoms with E-state index in [0.29, 0.717) is 0 Å². The van der Waals surface area contributed by atoms with Gasteiger partial charge < -0.3 is 68.1 Å². The van der Waals surface area contributed by atoms with Crippen molar-refractivity contribution < 1.29 is 113 Å². The van der Waals surface area contributed by atoms with Gasteiger partial charge in [0.2, 0.25) is 11.2 Å². The zero-order valence-corrected chi connectivity index (χ0v) is 60.2. The van der Waals surface area contributed by atoms with Crippen LogP contribution in [0, 0.1) is 17.8 Å². The normalized spacial score (nSPS) is 21.1. The molecule has 2 fully saturated rings. The monoisotopic (exact) mass is 1680 g/mol. The number of rotatable bonds is 5. The number of benzene rings is 6. The number of nitrogens with two attached hydrogens (primary N) is 3. The van der Waals surface area contributed by atoms with Crippen molar-refractivity contribution >= 4 is 139 Å². The summed E-state index contributed by atoms with van der Waals surface area (Å²) in [5.41, 5.74) is 2.81. The van der Waals surface area contributed by atoms with Crippen LogP contribution in [0.3, 0.4) is 0 Å². The van der Waals surface area contributed by atoms with E-state index in [1.807, 2.05) is 0 Å². The van der Waals surface area contributed by atoms with Gasteiger partial charge in [0, 0.05) is 126 Å². The first-order chi connectivity index (χ1) is 48.9. The Morgan fingerprint density at radius 1 is 0.542 bits per heavy atom. The molecule has 42 heteroatoms. The zero-order valence-electron chi connectivity index (χ0n) is 54.9. The number of fused-ring (bicyclic) bond motifs is 3. The Labute approximate surface area is 630 Å². The number of ketones is 1. The van der Waals surface area contributed by atoms with Gasteiger partial charge in [-0.3, -0.25) is 4.79 Å². The van der Waals surface area contributed by atoms with Crippen molar-refractivity contribution in [2.75, 3.05) is 94.1 Å². The first kappa shape index (κ1) is 88.3. The number of anilines is 6. The fourth-order valence-electron chi connectivity index (χ4n) is 10.2. The lowest BCUT2D eigenvalue weighted by atomic mass is 9.78. The highest BCUT2D eigenvalue weighted by molar-refractivity contribution is 6.33. The quantitative estimate of drug-likeness (QED) is 0.0196. The zero-order chi connectivity index (χ0) is 81.1. The number of epoxide rings is 1. The average Bonchev–Trinajstić information content (AvgIpc) is 1.60. The van der Waals surface area contributed by atoms with Crippen LogP contribution in [-0.2, 0) is 31.8 Å². The number of aliphatic hydroxyl groups is 2. The third-order valence-electron chi connectivity index (χ3n) is 16.1. The summed E-state index contributed by atoms with van der Waals surface area (Å²) in [6, 6.07) is 20.4. The van der Waals surface area contributed by atoms with Crippen molar-refractivity contribution in [3.63, 3.8) is 0 Å². The Morgan fingerprint density at radius 3 is 1.36 bits per heavy atom. The molecule has 107 heavy (non-hydrogen) atoms. The molecule has 5 unspecified atom stereocenters. The number of hydrogen-bond donors (Lipinski definition) is 9. The second-order valence-corrected chi connectivity index (χ2v) is 27.3. The standard InChI is InChI=1S/C16H14ClF3N2O.C11H9Cl2F3N2O.C11H10ClF3N2O2.C10H12ClF3N2O.C9H7ClF3NO.C8H5ClF3NO/c1-22-9-15(16(18,19)20,7-6-10-2-3-10)12-8-11(17)4-5-13(12)21-14(22)23;1-18-5-10(13,11(14,15)16)7-4-6(12)2-3-8(7)17-9(18)19;1-17-5-10(19,11(13,14)15)7-4-6(12)2-3-8(7)16-9(17)18;1-16-5-9(17,10(12,13)14)7-4-6(11)2-3-8(7)15;10-5-1-2-7(14)6(3-5)8(4-15-8)9(11,12)13;9-4-1-2-6(13)5(3-4)7(14)8(10,11)12/h4-5,8,10H,2-3,9H2,1H3,(H,21,23);2-4H,5H2,1H3,(H,17,19);2-4,19H,5H2,1H3,(H,16,18);2-4,16-17H,5,15H2,1H3;1-3H,4,14H2;1-3H,13H2. The number of carbonyl (C=O) groups excluding carboxylic acids is 4. The predicted octanol–water partition coefficient (Wildman–Crippen LogP) is 17.7. The van der Waals surface area contributed by atoms with Gasteiger partial charge in [0.1, 0.15) is 0 Å². The van der Waals surface area contributed by atoms with E-state index in [0.717, 1.165) is 57.9 Å². The molecule has 6 aromatic rings. The van der Waals surface area contributed by atoms with Crippen molar-refractivity contribution in [1.29, 1.82) is 0 Å². The lowest BCUT2D eigenvalue weighted by Crippen LogP contribution is -2.50. The Balaban J connectivity index is 0.000000202. The SMILES string of the molecule is CN1CC(C#CC2CC2)(C(F)(F)F)c2cc(Cl)ccc2NC1=O.CN1CC(Cl)(C(F)(F)F)c2cc(Cl)ccc2NC1=O.CN1CC(O)(C(F)(F)F)c2cc(Cl)ccc2NC1=O.CNCC(O)(c1cc(Cl)ccc1N)C(F)(F)F.Nc1ccc(Cl)cc1C(=O)C(F)(F)F.Nc1ccc(Cl)cc1C1(C(F)(F)F)CO1. The molecule has 12 N–H and O–H groups in total. The Kier molecular flexibility index (Phi) is 27.1. The maximum absolute atomic E-state index is 14.0. The van der Waals surface area contributed by atoms with Gasteiger partial charge in [0.15, 0.2) is 15.9 Å². The molecule has 4 heterocycles. The smallest absolute Gasteiger partial charge is 0.398 e. The van der Waals surface area contributed by atoms with E-state index in [4.69, 9.17) is 98.4 Å². The maximum Gasteiger partial charge on any atom is 0.454 e. The van der Waals surface area contributed by atoms with Crippen LogP contribution < -0.4 is 38.5 Å². The number of amides is 6. The highest BCUT2D eigenvalue weighted by Gasteiger charge is 2.68. The second kappa shape index (κ2) is 32.9. The van der Waals surface area contributed by atoms with Crippen LogP contribution in [0.5, 0.6) is 0 Å². The number of alkyl halides is 19. The lowest BCUT2D eigenvalue weighted by Gasteiger charge is -2.33. The number of β-amino-alcohol motifs (C(OH)–C–C–N with tert-alkyl or cyclic N) is 1. The number of hydrogen-bond acceptors (Lipinski definition) is 11. The van der Waals surface area contributed by atoms with Gasteiger partial charge in [-0.05, 0) is 129 Å². The molecule has 4 aliphatic heterocycles. The largest absolute Gasteiger partial charge is 0.454 e. The Bertz CT molecular complexity index is 4270. The predicted molar refractivity (Wildman–Crippen MR) is 367 cm³/mol. The highest BCUT2D eigenvalue weighted by atomic mass is 35.5. The minimum absolute atomic E-state index is 0.00563. The third-order valence-corrected chi connectivity index (χ3v) is 18.1. The number of ether oxygens (including phenoxy) is 1. The van der Waals surface area contributed by atoms with Gasteiger partial charge in [-0.1, -0.05) is 81.4 Å². The van der Waals surface area contributed by atoms with E-state index in [1.165, 1.54) is 107 Å². The fraction of sp³-hybridized carbons (Fsp3) is 0.354. The van der Waals surface area contributed by atoms with Gasteiger partial charge in [-0.25, -0.2) is 14.4 Å². The number of nitrogens with zero attached hydrogens (tertiary/aromatic N) is 3. The minimum atomic E-state index is -4.94. The molecule has 17 nitrogen and oxygen atoms in total. The summed E-state index contributed by atoms with van der Waals surface area (Å²) in [5, 5.41) is 29.9. The van der Waals surface area contributed by atoms with Gasteiger partial charge in [0.25, 0.3) is 5.78 Å². The summed E-state index contributed by atoms with van der Waals surface area (Å²) < 4.78 is 239. The number of nitrogens with one attached hydrogen (secondary N) is 4. The van der Waals surface area contributed by atoms with Crippen LogP contribution in [0.1, 0.15) is 51.0 Å². The van der Waals surface area contributed by atoms with Gasteiger partial charge in [-0.2, -0.15) is 79.0 Å². The highest BCUT2D eigenvalue weighted by Crippen LogP contribution is 2.55. The van der Waals surface area contributed by atoms with Crippen LogP contribution in [0.25, 0.3) is 0 Å². The summed E-state index contributed by atoms with van der Waals surface area (Å²) in [5.74, 6) is 3.18. The van der Waals surface area contributed by atoms with E-state index in [1.54, 1.807) is 0 Å². The molecule has 11 rings (SSSR count). The lowest BCUT2D eigenvalue weighted by molar-refractivity contribution is -0.268. The number of halogens is 25. The van der Waals surface area contributed by atoms with E-state index in [2.05, 4.69) is 37.8 Å². The molecule has 5 aliphatic rings. The first-order valence-corrected chi connectivity index (χ1v) is 32.6. The van der Waals surface area contributed by atoms with Crippen LogP contribution in [0.2, 0.25) is 30.1 Å². The molecular weight excluding hydrogens is 1620 g/mol. The van der Waals surface area contributed by atoms with E-state index < -0.39 is 138 Å². The molecule has 6 aromatic carbocycles. The van der Waals surface area contributed by atoms with Crippen molar-refractivity contribution in [2.24, 2.45) is 5.92 Å². The number of likely N-dealkylation sites (N-methyl/N-ethyl adjacent to an activating group) is 4. The topological polar surface area (TPSA) is 257 Å². The summed E-state index contributed by atoms with van der Waals surface area (Å²) >= 11 is 39.8. The number of urea groups is 3. The molecule has 0 bridgehead atoms. The van der Waals surface area contributed by atoms with E-state index in [9.17, 15) is 108 Å². The Morgan fingerprint density at radius 2 is 0.935 bits per heavy atom. The molecule has 1 saturated heterocycles. The van der Waals surface area contributed by atoms with Crippen molar-refractivity contribution in [3.05, 3.63) is 173 Å². The van der Waals surface area contributed by atoms with Gasteiger partial charge >= 0.3 is 55.2 Å². The summed E-state index contributed by atoms with van der Waals surface area (Å²) in [6.07, 6.45) is -26.9. The van der Waals surface area contributed by atoms with Crippen molar-refractivity contribution in [1.82, 2.24) is 20.0 Å². The Hall–Kier alpha value is -7.63. The molecule has 0 spiro atoms. The first-order valence-electron chi connectivity index (χ1n) is 30.0.